The van der Waals surface area contributed by atoms with Crippen LogP contribution in [0.1, 0.15) is 26.3 Å². The number of fused-ring (bicyclic) bond motifs is 2. The zero-order valence-corrected chi connectivity index (χ0v) is 17.9. The van der Waals surface area contributed by atoms with Crippen molar-refractivity contribution in [2.75, 3.05) is 19.1 Å². The summed E-state index contributed by atoms with van der Waals surface area (Å²) in [7, 11) is 2.34. The predicted molar refractivity (Wildman–Crippen MR) is 103 cm³/mol. The van der Waals surface area contributed by atoms with Gasteiger partial charge in [0.1, 0.15) is 11.1 Å². The van der Waals surface area contributed by atoms with Crippen molar-refractivity contribution in [3.63, 3.8) is 0 Å². The number of benzene rings is 1. The van der Waals surface area contributed by atoms with Gasteiger partial charge in [-0.25, -0.2) is 9.79 Å². The van der Waals surface area contributed by atoms with Crippen molar-refractivity contribution in [2.24, 2.45) is 4.99 Å². The van der Waals surface area contributed by atoms with E-state index < -0.39 is 46.2 Å². The van der Waals surface area contributed by atoms with Crippen molar-refractivity contribution in [2.45, 2.75) is 38.1 Å². The van der Waals surface area contributed by atoms with Crippen molar-refractivity contribution in [3.05, 3.63) is 39.4 Å². The van der Waals surface area contributed by atoms with Crippen LogP contribution in [0, 0.1) is 0 Å². The Kier molecular flexibility index (Phi) is 4.84. The molecule has 0 radical (unpaired) electrons. The number of halogens is 4. The molecular formula is C19H18BrF3N2O4. The summed E-state index contributed by atoms with van der Waals surface area (Å²) in [5.74, 6) is -2.97. The Labute approximate surface area is 173 Å². The van der Waals surface area contributed by atoms with E-state index in [9.17, 15) is 22.8 Å². The molecule has 0 fully saturated rings. The number of aliphatic imine (C=N–C) groups is 1. The lowest BCUT2D eigenvalue weighted by atomic mass is 9.85. The molecule has 10 heteroatoms. The average molecular weight is 475 g/mol. The monoisotopic (exact) mass is 474 g/mol. The Hall–Kier alpha value is -2.36. The number of hydrogen-bond donors (Lipinski definition) is 0. The number of methoxy groups -OCH3 is 1. The average Bonchev–Trinajstić information content (AvgIpc) is 3.02. The molecule has 1 amide bonds. The lowest BCUT2D eigenvalue weighted by Crippen LogP contribution is -2.43. The molecule has 0 saturated carbocycles. The first-order valence-electron chi connectivity index (χ1n) is 8.51. The van der Waals surface area contributed by atoms with Crippen LogP contribution in [-0.2, 0) is 24.7 Å². The number of nitrogens with zero attached hydrogens (tertiary/aromatic N) is 2. The van der Waals surface area contributed by atoms with Gasteiger partial charge in [0.2, 0.25) is 11.5 Å². The highest BCUT2D eigenvalue weighted by molar-refractivity contribution is 9.10. The van der Waals surface area contributed by atoms with E-state index in [0.29, 0.717) is 10.2 Å². The number of carbonyl (C=O) groups is 2. The van der Waals surface area contributed by atoms with E-state index in [4.69, 9.17) is 4.74 Å². The van der Waals surface area contributed by atoms with Crippen LogP contribution in [-0.4, -0.2) is 43.6 Å². The molecule has 0 bridgehead atoms. The number of alkyl halides is 3. The third kappa shape index (κ3) is 3.23. The van der Waals surface area contributed by atoms with E-state index in [1.54, 1.807) is 32.9 Å². The fourth-order valence-electron chi connectivity index (χ4n) is 3.41. The zero-order chi connectivity index (χ0) is 21.9. The van der Waals surface area contributed by atoms with Gasteiger partial charge in [-0.05, 0) is 32.9 Å². The summed E-state index contributed by atoms with van der Waals surface area (Å²) in [4.78, 5) is 31.0. The molecule has 0 saturated heterocycles. The maximum atomic E-state index is 14.1. The molecule has 0 N–H and O–H groups in total. The summed E-state index contributed by atoms with van der Waals surface area (Å²) in [6.45, 7) is 4.73. The van der Waals surface area contributed by atoms with Crippen LogP contribution in [0.15, 0.2) is 38.8 Å². The molecule has 1 spiro atoms. The summed E-state index contributed by atoms with van der Waals surface area (Å²) in [6.07, 6.45) is -5.01. The van der Waals surface area contributed by atoms with E-state index in [-0.39, 0.29) is 5.56 Å². The van der Waals surface area contributed by atoms with Gasteiger partial charge in [-0.15, -0.1) is 0 Å². The van der Waals surface area contributed by atoms with Crippen molar-refractivity contribution in [1.29, 1.82) is 0 Å². The number of likely N-dealkylation sites (N-methyl/N-ethyl adjacent to an activating group) is 1. The van der Waals surface area contributed by atoms with Crippen LogP contribution in [0.2, 0.25) is 0 Å². The van der Waals surface area contributed by atoms with Gasteiger partial charge in [-0.1, -0.05) is 22.0 Å². The molecule has 29 heavy (non-hydrogen) atoms. The summed E-state index contributed by atoms with van der Waals surface area (Å²) in [5.41, 5.74) is -5.20. The lowest BCUT2D eigenvalue weighted by Gasteiger charge is -2.25. The van der Waals surface area contributed by atoms with Crippen LogP contribution in [0.4, 0.5) is 18.9 Å². The Morgan fingerprint density at radius 2 is 1.90 bits per heavy atom. The molecule has 2 heterocycles. The number of ether oxygens (including phenoxy) is 2. The normalized spacial score (nSPS) is 23.1. The molecule has 156 valence electrons. The minimum atomic E-state index is -5.01. The zero-order valence-electron chi connectivity index (χ0n) is 16.3. The van der Waals surface area contributed by atoms with Gasteiger partial charge in [0, 0.05) is 17.1 Å². The summed E-state index contributed by atoms with van der Waals surface area (Å²) < 4.78 is 53.1. The van der Waals surface area contributed by atoms with E-state index in [1.807, 2.05) is 0 Å². The fourth-order valence-corrected chi connectivity index (χ4v) is 3.75. The molecule has 3 rings (SSSR count). The van der Waals surface area contributed by atoms with E-state index in [2.05, 4.69) is 25.7 Å². The summed E-state index contributed by atoms with van der Waals surface area (Å²) in [6, 6.07) is 4.56. The van der Waals surface area contributed by atoms with Gasteiger partial charge >= 0.3 is 12.1 Å². The second kappa shape index (κ2) is 6.58. The first-order valence-corrected chi connectivity index (χ1v) is 9.31. The highest BCUT2D eigenvalue weighted by atomic mass is 79.9. The van der Waals surface area contributed by atoms with Crippen LogP contribution in [0.25, 0.3) is 0 Å². The van der Waals surface area contributed by atoms with Gasteiger partial charge < -0.3 is 14.4 Å². The molecule has 2 aliphatic rings. The van der Waals surface area contributed by atoms with Gasteiger partial charge in [-0.3, -0.25) is 4.79 Å². The highest BCUT2D eigenvalue weighted by Gasteiger charge is 2.66. The molecule has 1 aromatic rings. The molecule has 0 aliphatic carbocycles. The topological polar surface area (TPSA) is 68.2 Å². The molecule has 6 nitrogen and oxygen atoms in total. The third-order valence-corrected chi connectivity index (χ3v) is 4.98. The van der Waals surface area contributed by atoms with Crippen LogP contribution in [0.3, 0.4) is 0 Å². The largest absolute Gasteiger partial charge is 0.466 e. The van der Waals surface area contributed by atoms with Gasteiger partial charge in [-0.2, -0.15) is 13.2 Å². The van der Waals surface area contributed by atoms with Crippen LogP contribution in [0.5, 0.6) is 0 Å². The highest BCUT2D eigenvalue weighted by Crippen LogP contribution is 2.54. The predicted octanol–water partition coefficient (Wildman–Crippen LogP) is 3.88. The first kappa shape index (κ1) is 21.4. The molecule has 1 unspecified atom stereocenters. The van der Waals surface area contributed by atoms with Crippen molar-refractivity contribution < 1.29 is 32.2 Å². The molecular weight excluding hydrogens is 457 g/mol. The SMILES string of the molecule is COC(=O)C1=C(C(F)(F)F)C(=NC(C)(C)C)OC12C(=O)N(C)c1cc(Br)ccc12. The minimum absolute atomic E-state index is 0.106. The maximum Gasteiger partial charge on any atom is 0.422 e. The van der Waals surface area contributed by atoms with Gasteiger partial charge in [0.15, 0.2) is 0 Å². The standard InChI is InChI=1S/C19H18BrF3N2O4/c1-17(2,3)24-14-12(19(21,22)23)13(15(26)28-5)18(29-14)10-7-6-9(20)8-11(10)25(4)16(18)27/h6-8H,1-5H3. The summed E-state index contributed by atoms with van der Waals surface area (Å²) >= 11 is 3.28. The van der Waals surface area contributed by atoms with Crippen LogP contribution >= 0.6 is 15.9 Å². The first-order chi connectivity index (χ1) is 13.2. The quantitative estimate of drug-likeness (QED) is 0.579. The number of amides is 1. The number of anilines is 1. The molecule has 2 aliphatic heterocycles. The van der Waals surface area contributed by atoms with E-state index in [1.165, 1.54) is 13.1 Å². The molecule has 1 aromatic carbocycles. The number of rotatable bonds is 1. The Bertz CT molecular complexity index is 979. The number of hydrogen-bond acceptors (Lipinski definition) is 5. The summed E-state index contributed by atoms with van der Waals surface area (Å²) in [5, 5.41) is 0. The molecule has 1 atom stereocenters. The number of carbonyl (C=O) groups excluding carboxylic acids is 2. The lowest BCUT2D eigenvalue weighted by molar-refractivity contribution is -0.143. The van der Waals surface area contributed by atoms with Crippen LogP contribution < -0.4 is 4.90 Å². The molecule has 0 aromatic heterocycles. The van der Waals surface area contributed by atoms with Crippen molar-refractivity contribution in [1.82, 2.24) is 0 Å². The third-order valence-electron chi connectivity index (χ3n) is 4.48. The Morgan fingerprint density at radius 1 is 1.28 bits per heavy atom. The van der Waals surface area contributed by atoms with Gasteiger partial charge in [0.25, 0.3) is 5.91 Å². The smallest absolute Gasteiger partial charge is 0.422 e. The maximum absolute atomic E-state index is 14.1. The number of esters is 1. The minimum Gasteiger partial charge on any atom is -0.466 e. The van der Waals surface area contributed by atoms with E-state index in [0.717, 1.165) is 12.0 Å². The fraction of sp³-hybridized carbons (Fsp3) is 0.421. The van der Waals surface area contributed by atoms with Crippen molar-refractivity contribution in [3.8, 4) is 0 Å². The van der Waals surface area contributed by atoms with Crippen molar-refractivity contribution >= 4 is 39.4 Å². The second-order valence-corrected chi connectivity index (χ2v) is 8.55. The second-order valence-electron chi connectivity index (χ2n) is 7.64. The van der Waals surface area contributed by atoms with E-state index >= 15 is 0 Å². The van der Waals surface area contributed by atoms with Gasteiger partial charge in [0.05, 0.1) is 18.3 Å². The Morgan fingerprint density at radius 3 is 2.41 bits per heavy atom. The Balaban J connectivity index is 2.45.